The lowest BCUT2D eigenvalue weighted by atomic mass is 10.2. The number of aryl methyl sites for hydroxylation is 1. The van der Waals surface area contributed by atoms with E-state index in [2.05, 4.69) is 18.5 Å². The van der Waals surface area contributed by atoms with Crippen LogP contribution >= 0.6 is 0 Å². The molecule has 1 aromatic heterocycles. The number of aromatic nitrogens is 1. The third kappa shape index (κ3) is 3.17. The number of rotatable bonds is 1. The first-order valence-electron chi connectivity index (χ1n) is 5.00. The minimum atomic E-state index is 1.02. The SMILES string of the molecule is C=C/C=c1/c(C)ccn/c1=C/C.CC. The first-order valence-corrected chi connectivity index (χ1v) is 5.00. The summed E-state index contributed by atoms with van der Waals surface area (Å²) < 4.78 is 0. The van der Waals surface area contributed by atoms with E-state index in [1.807, 2.05) is 45.2 Å². The molecule has 0 fully saturated rings. The molecule has 0 aliphatic rings. The van der Waals surface area contributed by atoms with E-state index in [0.29, 0.717) is 0 Å². The summed E-state index contributed by atoms with van der Waals surface area (Å²) in [5, 5.41) is 2.19. The van der Waals surface area contributed by atoms with Crippen molar-refractivity contribution in [2.45, 2.75) is 27.7 Å². The minimum absolute atomic E-state index is 1.02. The van der Waals surface area contributed by atoms with Gasteiger partial charge in [0.1, 0.15) is 0 Å². The van der Waals surface area contributed by atoms with Gasteiger partial charge in [-0.3, -0.25) is 4.98 Å². The first kappa shape index (κ1) is 12.6. The van der Waals surface area contributed by atoms with Gasteiger partial charge in [0.05, 0.1) is 5.35 Å². The summed E-state index contributed by atoms with van der Waals surface area (Å²) in [4.78, 5) is 4.24. The quantitative estimate of drug-likeness (QED) is 0.660. The smallest absolute Gasteiger partial charge is 0.0661 e. The molecule has 1 aromatic rings. The summed E-state index contributed by atoms with van der Waals surface area (Å²) >= 11 is 0. The fourth-order valence-electron chi connectivity index (χ4n) is 1.16. The molecule has 1 rings (SSSR count). The van der Waals surface area contributed by atoms with E-state index in [0.717, 1.165) is 10.6 Å². The normalized spacial score (nSPS) is 12.0. The summed E-state index contributed by atoms with van der Waals surface area (Å²) in [6, 6.07) is 2.00. The van der Waals surface area contributed by atoms with E-state index < -0.39 is 0 Å². The Morgan fingerprint density at radius 1 is 1.36 bits per heavy atom. The van der Waals surface area contributed by atoms with Gasteiger partial charge < -0.3 is 0 Å². The van der Waals surface area contributed by atoms with Gasteiger partial charge in [0, 0.05) is 11.4 Å². The molecule has 76 valence electrons. The van der Waals surface area contributed by atoms with Gasteiger partial charge in [-0.25, -0.2) is 0 Å². The average Bonchev–Trinajstić information content (AvgIpc) is 2.24. The standard InChI is InChI=1S/C11H13N.C2H6/c1-4-6-10-9(3)7-8-12-11(10)5-2;1-2/h4-8H,1H2,2-3H3;1-2H3/b10-6-,11-5+;. The average molecular weight is 189 g/mol. The van der Waals surface area contributed by atoms with E-state index in [1.165, 1.54) is 5.56 Å². The lowest BCUT2D eigenvalue weighted by molar-refractivity contribution is 1.18. The zero-order valence-electron chi connectivity index (χ0n) is 9.54. The van der Waals surface area contributed by atoms with E-state index in [9.17, 15) is 0 Å². The van der Waals surface area contributed by atoms with Gasteiger partial charge in [-0.1, -0.05) is 38.7 Å². The van der Waals surface area contributed by atoms with E-state index >= 15 is 0 Å². The second-order valence-corrected chi connectivity index (χ2v) is 2.62. The van der Waals surface area contributed by atoms with Crippen molar-refractivity contribution in [3.05, 3.63) is 41.0 Å². The Bertz CT molecular complexity index is 388. The van der Waals surface area contributed by atoms with Crippen LogP contribution in [0.1, 0.15) is 26.3 Å². The van der Waals surface area contributed by atoms with Gasteiger partial charge in [0.2, 0.25) is 0 Å². The van der Waals surface area contributed by atoms with Crippen LogP contribution in [0, 0.1) is 6.92 Å². The minimum Gasteiger partial charge on any atom is -0.257 e. The molecule has 0 aromatic carbocycles. The Morgan fingerprint density at radius 2 is 2.00 bits per heavy atom. The van der Waals surface area contributed by atoms with Gasteiger partial charge in [0.25, 0.3) is 0 Å². The van der Waals surface area contributed by atoms with Crippen molar-refractivity contribution in [1.29, 1.82) is 0 Å². The van der Waals surface area contributed by atoms with Gasteiger partial charge in [0.15, 0.2) is 0 Å². The van der Waals surface area contributed by atoms with Crippen LogP contribution in [-0.4, -0.2) is 4.98 Å². The molecule has 0 radical (unpaired) electrons. The van der Waals surface area contributed by atoms with Crippen LogP contribution in [0.25, 0.3) is 12.2 Å². The Hall–Kier alpha value is -1.37. The van der Waals surface area contributed by atoms with Gasteiger partial charge in [-0.15, -0.1) is 0 Å². The number of nitrogens with zero attached hydrogens (tertiary/aromatic N) is 1. The van der Waals surface area contributed by atoms with Crippen molar-refractivity contribution < 1.29 is 0 Å². The molecular weight excluding hydrogens is 170 g/mol. The van der Waals surface area contributed by atoms with E-state index in [1.54, 1.807) is 6.08 Å². The summed E-state index contributed by atoms with van der Waals surface area (Å²) in [6.07, 6.45) is 7.60. The second kappa shape index (κ2) is 7.07. The molecule has 0 aliphatic heterocycles. The molecule has 0 saturated carbocycles. The molecule has 0 N–H and O–H groups in total. The monoisotopic (exact) mass is 189 g/mol. The molecule has 1 heterocycles. The van der Waals surface area contributed by atoms with Crippen LogP contribution in [0.15, 0.2) is 24.9 Å². The van der Waals surface area contributed by atoms with Gasteiger partial charge >= 0.3 is 0 Å². The molecule has 1 nitrogen and oxygen atoms in total. The highest BCUT2D eigenvalue weighted by Gasteiger charge is 1.88. The topological polar surface area (TPSA) is 12.9 Å². The number of pyridine rings is 1. The summed E-state index contributed by atoms with van der Waals surface area (Å²) in [5.74, 6) is 0. The number of hydrogen-bond acceptors (Lipinski definition) is 1. The predicted molar refractivity (Wildman–Crippen MR) is 64.4 cm³/mol. The summed E-state index contributed by atoms with van der Waals surface area (Å²) in [6.45, 7) is 11.7. The van der Waals surface area contributed by atoms with Gasteiger partial charge in [-0.05, 0) is 25.5 Å². The molecule has 0 amide bonds. The fraction of sp³-hybridized carbons (Fsp3) is 0.308. The predicted octanol–water partition coefficient (Wildman–Crippen LogP) is 2.18. The summed E-state index contributed by atoms with van der Waals surface area (Å²) in [7, 11) is 0. The van der Waals surface area contributed by atoms with E-state index in [-0.39, 0.29) is 0 Å². The van der Waals surface area contributed by atoms with Crippen LogP contribution in [0.3, 0.4) is 0 Å². The Morgan fingerprint density at radius 3 is 2.50 bits per heavy atom. The number of allylic oxidation sites excluding steroid dienone is 1. The zero-order chi connectivity index (χ0) is 11.0. The lowest BCUT2D eigenvalue weighted by Gasteiger charge is -1.93. The van der Waals surface area contributed by atoms with Crippen LogP contribution in [0.2, 0.25) is 0 Å². The molecule has 0 unspecified atom stereocenters. The van der Waals surface area contributed by atoms with Crippen LogP contribution in [0.5, 0.6) is 0 Å². The number of hydrogen-bond donors (Lipinski definition) is 0. The van der Waals surface area contributed by atoms with Crippen molar-refractivity contribution in [2.24, 2.45) is 0 Å². The van der Waals surface area contributed by atoms with Gasteiger partial charge in [-0.2, -0.15) is 0 Å². The Labute approximate surface area is 86.5 Å². The van der Waals surface area contributed by atoms with Crippen molar-refractivity contribution >= 4 is 12.2 Å². The fourth-order valence-corrected chi connectivity index (χ4v) is 1.16. The molecule has 1 heteroatoms. The molecule has 14 heavy (non-hydrogen) atoms. The Balaban J connectivity index is 0.000000791. The zero-order valence-corrected chi connectivity index (χ0v) is 9.54. The molecule has 0 spiro atoms. The van der Waals surface area contributed by atoms with Crippen molar-refractivity contribution in [1.82, 2.24) is 4.98 Å². The van der Waals surface area contributed by atoms with E-state index in [4.69, 9.17) is 0 Å². The molecular formula is C13H19N. The summed E-state index contributed by atoms with van der Waals surface area (Å²) in [5.41, 5.74) is 1.23. The highest BCUT2D eigenvalue weighted by Crippen LogP contribution is 1.81. The second-order valence-electron chi connectivity index (χ2n) is 2.62. The first-order chi connectivity index (χ1) is 6.79. The third-order valence-corrected chi connectivity index (χ3v) is 1.80. The lowest BCUT2D eigenvalue weighted by Crippen LogP contribution is -2.29. The third-order valence-electron chi connectivity index (χ3n) is 1.80. The molecule has 0 bridgehead atoms. The maximum absolute atomic E-state index is 4.24. The molecule has 0 atom stereocenters. The highest BCUT2D eigenvalue weighted by atomic mass is 14.6. The van der Waals surface area contributed by atoms with Crippen molar-refractivity contribution in [2.75, 3.05) is 0 Å². The van der Waals surface area contributed by atoms with Crippen LogP contribution in [0.4, 0.5) is 0 Å². The largest absolute Gasteiger partial charge is 0.257 e. The molecule has 0 saturated heterocycles. The maximum atomic E-state index is 4.24. The molecule has 0 aliphatic carbocycles. The maximum Gasteiger partial charge on any atom is 0.0661 e. The van der Waals surface area contributed by atoms with Crippen LogP contribution in [-0.2, 0) is 0 Å². The van der Waals surface area contributed by atoms with Crippen molar-refractivity contribution in [3.8, 4) is 0 Å². The Kier molecular flexibility index (Phi) is 6.38. The highest BCUT2D eigenvalue weighted by molar-refractivity contribution is 5.39. The van der Waals surface area contributed by atoms with Crippen LogP contribution < -0.4 is 10.6 Å². The van der Waals surface area contributed by atoms with Crippen molar-refractivity contribution in [3.63, 3.8) is 0 Å².